The molecule has 1 aromatic carbocycles. The van der Waals surface area contributed by atoms with Gasteiger partial charge in [0.15, 0.2) is 5.96 Å². The SMILES string of the molecule is CN(C)C(=NCC(=O)N1CCN(c2ccccc2)CC1)N(C)C.I. The maximum absolute atomic E-state index is 12.4. The van der Waals surface area contributed by atoms with Gasteiger partial charge in [-0.05, 0) is 12.1 Å². The lowest BCUT2D eigenvalue weighted by atomic mass is 10.2. The van der Waals surface area contributed by atoms with Crippen molar-refractivity contribution >= 4 is 41.5 Å². The summed E-state index contributed by atoms with van der Waals surface area (Å²) in [5, 5.41) is 0. The molecule has 0 saturated carbocycles. The zero-order chi connectivity index (χ0) is 16.8. The molecular weight excluding hydrogens is 417 g/mol. The van der Waals surface area contributed by atoms with Crippen molar-refractivity contribution in [1.82, 2.24) is 14.7 Å². The Kier molecular flexibility index (Phi) is 8.30. The molecule has 1 aromatic rings. The van der Waals surface area contributed by atoms with E-state index in [0.29, 0.717) is 0 Å². The highest BCUT2D eigenvalue weighted by Gasteiger charge is 2.21. The molecule has 0 bridgehead atoms. The molecule has 6 nitrogen and oxygen atoms in total. The van der Waals surface area contributed by atoms with Gasteiger partial charge in [0, 0.05) is 60.1 Å². The van der Waals surface area contributed by atoms with Gasteiger partial charge in [0.25, 0.3) is 0 Å². The number of rotatable bonds is 3. The van der Waals surface area contributed by atoms with Crippen LogP contribution >= 0.6 is 24.0 Å². The smallest absolute Gasteiger partial charge is 0.244 e. The topological polar surface area (TPSA) is 42.4 Å². The molecule has 2 rings (SSSR count). The minimum absolute atomic E-state index is 0. The van der Waals surface area contributed by atoms with E-state index in [4.69, 9.17) is 0 Å². The van der Waals surface area contributed by atoms with Crippen molar-refractivity contribution in [3.05, 3.63) is 30.3 Å². The van der Waals surface area contributed by atoms with Crippen LogP contribution < -0.4 is 4.90 Å². The summed E-state index contributed by atoms with van der Waals surface area (Å²) in [5.74, 6) is 0.903. The summed E-state index contributed by atoms with van der Waals surface area (Å²) >= 11 is 0. The molecule has 0 spiro atoms. The Balaban J connectivity index is 0.00000288. The van der Waals surface area contributed by atoms with Crippen LogP contribution in [0.15, 0.2) is 35.3 Å². The van der Waals surface area contributed by atoms with Crippen LogP contribution in [0.5, 0.6) is 0 Å². The Hall–Kier alpha value is -1.51. The molecule has 0 atom stereocenters. The summed E-state index contributed by atoms with van der Waals surface area (Å²) in [6, 6.07) is 10.3. The van der Waals surface area contributed by atoms with E-state index in [9.17, 15) is 4.79 Å². The predicted molar refractivity (Wildman–Crippen MR) is 110 cm³/mol. The van der Waals surface area contributed by atoms with Crippen LogP contribution in [-0.4, -0.2) is 87.5 Å². The molecule has 0 N–H and O–H groups in total. The first kappa shape index (κ1) is 20.5. The van der Waals surface area contributed by atoms with Crippen LogP contribution in [0.1, 0.15) is 0 Å². The van der Waals surface area contributed by atoms with Gasteiger partial charge in [-0.15, -0.1) is 24.0 Å². The zero-order valence-corrected chi connectivity index (χ0v) is 17.3. The lowest BCUT2D eigenvalue weighted by Crippen LogP contribution is -2.49. The van der Waals surface area contributed by atoms with Gasteiger partial charge >= 0.3 is 0 Å². The molecule has 7 heteroatoms. The summed E-state index contributed by atoms with van der Waals surface area (Å²) < 4.78 is 0. The van der Waals surface area contributed by atoms with Gasteiger partial charge < -0.3 is 19.6 Å². The van der Waals surface area contributed by atoms with E-state index in [2.05, 4.69) is 22.0 Å². The molecule has 1 fully saturated rings. The molecule has 0 radical (unpaired) electrons. The van der Waals surface area contributed by atoms with Gasteiger partial charge in [0.05, 0.1) is 0 Å². The second-order valence-corrected chi connectivity index (χ2v) is 6.11. The summed E-state index contributed by atoms with van der Waals surface area (Å²) in [6.45, 7) is 3.45. The highest BCUT2D eigenvalue weighted by Crippen LogP contribution is 2.15. The number of aliphatic imine (C=N–C) groups is 1. The third-order valence-corrected chi connectivity index (χ3v) is 3.91. The van der Waals surface area contributed by atoms with Crippen molar-refractivity contribution in [3.63, 3.8) is 0 Å². The average molecular weight is 445 g/mol. The van der Waals surface area contributed by atoms with Crippen molar-refractivity contribution in [2.75, 3.05) is 65.8 Å². The first-order valence-electron chi connectivity index (χ1n) is 7.96. The van der Waals surface area contributed by atoms with Gasteiger partial charge in [0.1, 0.15) is 6.54 Å². The molecule has 0 unspecified atom stereocenters. The van der Waals surface area contributed by atoms with Gasteiger partial charge in [-0.1, -0.05) is 18.2 Å². The van der Waals surface area contributed by atoms with Crippen molar-refractivity contribution in [1.29, 1.82) is 0 Å². The monoisotopic (exact) mass is 445 g/mol. The Morgan fingerprint density at radius 1 is 1.00 bits per heavy atom. The van der Waals surface area contributed by atoms with Crippen molar-refractivity contribution in [2.45, 2.75) is 0 Å². The quantitative estimate of drug-likeness (QED) is 0.401. The zero-order valence-electron chi connectivity index (χ0n) is 15.0. The highest BCUT2D eigenvalue weighted by atomic mass is 127. The van der Waals surface area contributed by atoms with Crippen LogP contribution in [-0.2, 0) is 4.79 Å². The molecule has 24 heavy (non-hydrogen) atoms. The maximum atomic E-state index is 12.4. The molecule has 0 aromatic heterocycles. The van der Waals surface area contributed by atoms with Crippen LogP contribution in [0.25, 0.3) is 0 Å². The largest absolute Gasteiger partial charge is 0.368 e. The molecule has 0 aliphatic carbocycles. The number of hydrogen-bond donors (Lipinski definition) is 0. The second-order valence-electron chi connectivity index (χ2n) is 6.11. The number of halogens is 1. The number of benzene rings is 1. The summed E-state index contributed by atoms with van der Waals surface area (Å²) in [4.78, 5) is 24.9. The van der Waals surface area contributed by atoms with E-state index in [1.165, 1.54) is 5.69 Å². The fourth-order valence-electron chi connectivity index (χ4n) is 2.77. The van der Waals surface area contributed by atoms with Crippen LogP contribution in [0.4, 0.5) is 5.69 Å². The van der Waals surface area contributed by atoms with Crippen molar-refractivity contribution in [2.24, 2.45) is 4.99 Å². The normalized spacial score (nSPS) is 13.8. The maximum Gasteiger partial charge on any atom is 0.244 e. The van der Waals surface area contributed by atoms with E-state index >= 15 is 0 Å². The van der Waals surface area contributed by atoms with Crippen LogP contribution in [0, 0.1) is 0 Å². The van der Waals surface area contributed by atoms with E-state index in [1.807, 2.05) is 61.1 Å². The second kappa shape index (κ2) is 9.71. The van der Waals surface area contributed by atoms with E-state index in [0.717, 1.165) is 32.1 Å². The van der Waals surface area contributed by atoms with E-state index < -0.39 is 0 Å². The number of guanidine groups is 1. The minimum Gasteiger partial charge on any atom is -0.368 e. The van der Waals surface area contributed by atoms with Gasteiger partial charge in [-0.3, -0.25) is 4.79 Å². The van der Waals surface area contributed by atoms with E-state index in [-0.39, 0.29) is 36.4 Å². The summed E-state index contributed by atoms with van der Waals surface area (Å²) in [7, 11) is 7.73. The number of anilines is 1. The fraction of sp³-hybridized carbons (Fsp3) is 0.529. The number of nitrogens with zero attached hydrogens (tertiary/aromatic N) is 5. The number of carbonyl (C=O) groups is 1. The first-order chi connectivity index (χ1) is 11.0. The molecule has 1 aliphatic heterocycles. The summed E-state index contributed by atoms with van der Waals surface area (Å²) in [6.07, 6.45) is 0. The van der Waals surface area contributed by atoms with Crippen molar-refractivity contribution < 1.29 is 4.79 Å². The Morgan fingerprint density at radius 2 is 1.54 bits per heavy atom. The average Bonchev–Trinajstić information content (AvgIpc) is 2.55. The van der Waals surface area contributed by atoms with Crippen LogP contribution in [0.3, 0.4) is 0 Å². The lowest BCUT2D eigenvalue weighted by molar-refractivity contribution is -0.129. The fourth-order valence-corrected chi connectivity index (χ4v) is 2.77. The third-order valence-electron chi connectivity index (χ3n) is 3.91. The minimum atomic E-state index is 0. The Labute approximate surface area is 162 Å². The lowest BCUT2D eigenvalue weighted by Gasteiger charge is -2.36. The van der Waals surface area contributed by atoms with Crippen molar-refractivity contribution in [3.8, 4) is 0 Å². The molecule has 1 aliphatic rings. The Morgan fingerprint density at radius 3 is 2.04 bits per heavy atom. The van der Waals surface area contributed by atoms with E-state index in [1.54, 1.807) is 0 Å². The number of piperazine rings is 1. The first-order valence-corrected chi connectivity index (χ1v) is 7.96. The predicted octanol–water partition coefficient (Wildman–Crippen LogP) is 1.43. The summed E-state index contributed by atoms with van der Waals surface area (Å²) in [5.41, 5.74) is 1.22. The molecule has 1 amide bonds. The number of hydrogen-bond acceptors (Lipinski definition) is 3. The molecule has 1 saturated heterocycles. The molecule has 1 heterocycles. The Bertz CT molecular complexity index is 529. The number of amides is 1. The van der Waals surface area contributed by atoms with Gasteiger partial charge in [-0.2, -0.15) is 0 Å². The van der Waals surface area contributed by atoms with Gasteiger partial charge in [0.2, 0.25) is 5.91 Å². The van der Waals surface area contributed by atoms with Gasteiger partial charge in [-0.25, -0.2) is 4.99 Å². The third kappa shape index (κ3) is 5.54. The molecular formula is C17H28IN5O. The number of carbonyl (C=O) groups excluding carboxylic acids is 1. The van der Waals surface area contributed by atoms with Crippen LogP contribution in [0.2, 0.25) is 0 Å². The highest BCUT2D eigenvalue weighted by molar-refractivity contribution is 14.0. The standard InChI is InChI=1S/C17H27N5O.HI/c1-19(2)17(20(3)4)18-14-16(23)22-12-10-21(11-13-22)15-8-6-5-7-9-15;/h5-9H,10-14H2,1-4H3;1H. The molecule has 134 valence electrons. The number of para-hydroxylation sites is 1.